The lowest BCUT2D eigenvalue weighted by atomic mass is 10.1. The Bertz CT molecular complexity index is 724. The van der Waals surface area contributed by atoms with Gasteiger partial charge in [-0.3, -0.25) is 9.59 Å². The van der Waals surface area contributed by atoms with Crippen LogP contribution in [0, 0.1) is 19.7 Å². The Balaban J connectivity index is 1.90. The van der Waals surface area contributed by atoms with Crippen LogP contribution in [-0.2, 0) is 11.3 Å². The van der Waals surface area contributed by atoms with Gasteiger partial charge in [-0.1, -0.05) is 18.2 Å². The summed E-state index contributed by atoms with van der Waals surface area (Å²) in [6.07, 6.45) is 0.315. The van der Waals surface area contributed by atoms with E-state index in [9.17, 15) is 14.0 Å². The van der Waals surface area contributed by atoms with Gasteiger partial charge in [-0.2, -0.15) is 0 Å². The molecule has 0 unspecified atom stereocenters. The molecule has 2 rings (SSSR count). The largest absolute Gasteiger partial charge is 0.341 e. The summed E-state index contributed by atoms with van der Waals surface area (Å²) in [5.41, 5.74) is 1.18. The molecule has 0 fully saturated rings. The number of hydrogen-bond acceptors (Lipinski definition) is 3. The number of nitrogens with zero attached hydrogens (tertiary/aromatic N) is 1. The molecule has 1 aromatic carbocycles. The smallest absolute Gasteiger partial charge is 0.223 e. The van der Waals surface area contributed by atoms with Crippen molar-refractivity contribution in [2.24, 2.45) is 0 Å². The highest BCUT2D eigenvalue weighted by molar-refractivity contribution is 7.12. The quantitative estimate of drug-likeness (QED) is 0.746. The number of thiophene rings is 1. The number of carbonyl (C=O) groups excluding carboxylic acids is 2. The molecule has 0 aliphatic heterocycles. The van der Waals surface area contributed by atoms with Gasteiger partial charge < -0.3 is 4.90 Å². The van der Waals surface area contributed by atoms with Crippen LogP contribution in [-0.4, -0.2) is 23.6 Å². The molecule has 1 aromatic heterocycles. The van der Waals surface area contributed by atoms with E-state index < -0.39 is 0 Å². The van der Waals surface area contributed by atoms with Crippen LogP contribution in [0.1, 0.15) is 38.5 Å². The second-order valence-electron chi connectivity index (χ2n) is 5.59. The Kier molecular flexibility index (Phi) is 5.66. The fourth-order valence-corrected chi connectivity index (χ4v) is 3.37. The van der Waals surface area contributed by atoms with Gasteiger partial charge in [-0.15, -0.1) is 11.3 Å². The number of amides is 1. The number of benzene rings is 1. The zero-order chi connectivity index (χ0) is 17.0. The number of carbonyl (C=O) groups is 2. The van der Waals surface area contributed by atoms with E-state index >= 15 is 0 Å². The summed E-state index contributed by atoms with van der Waals surface area (Å²) in [6.45, 7) is 4.08. The lowest BCUT2D eigenvalue weighted by Crippen LogP contribution is -2.27. The van der Waals surface area contributed by atoms with Gasteiger partial charge in [-0.05, 0) is 26.0 Å². The zero-order valence-electron chi connectivity index (χ0n) is 13.6. The molecule has 0 saturated carbocycles. The second kappa shape index (κ2) is 7.51. The monoisotopic (exact) mass is 333 g/mol. The molecule has 1 amide bonds. The van der Waals surface area contributed by atoms with E-state index in [1.54, 1.807) is 36.6 Å². The molecular formula is C18H20FNO2S. The highest BCUT2D eigenvalue weighted by Crippen LogP contribution is 2.22. The van der Waals surface area contributed by atoms with Crippen molar-refractivity contribution in [1.29, 1.82) is 0 Å². The molecule has 0 aliphatic carbocycles. The van der Waals surface area contributed by atoms with E-state index in [0.29, 0.717) is 11.1 Å². The topological polar surface area (TPSA) is 37.4 Å². The van der Waals surface area contributed by atoms with Crippen LogP contribution < -0.4 is 0 Å². The van der Waals surface area contributed by atoms with Crippen LogP contribution in [0.25, 0.3) is 0 Å². The first-order chi connectivity index (χ1) is 10.9. The molecular weight excluding hydrogens is 313 g/mol. The van der Waals surface area contributed by atoms with Crippen molar-refractivity contribution in [3.8, 4) is 0 Å². The Morgan fingerprint density at radius 2 is 1.87 bits per heavy atom. The molecule has 5 heteroatoms. The Hall–Kier alpha value is -2.01. The van der Waals surface area contributed by atoms with Crippen molar-refractivity contribution in [1.82, 2.24) is 4.90 Å². The van der Waals surface area contributed by atoms with Crippen molar-refractivity contribution in [3.63, 3.8) is 0 Å². The van der Waals surface area contributed by atoms with Crippen LogP contribution in [0.3, 0.4) is 0 Å². The summed E-state index contributed by atoms with van der Waals surface area (Å²) in [5, 5.41) is 0. The maximum atomic E-state index is 13.6. The highest BCUT2D eigenvalue weighted by atomic mass is 32.1. The van der Waals surface area contributed by atoms with E-state index in [4.69, 9.17) is 0 Å². The molecule has 0 bridgehead atoms. The normalized spacial score (nSPS) is 10.6. The number of hydrogen-bond donors (Lipinski definition) is 0. The molecule has 0 atom stereocenters. The first kappa shape index (κ1) is 17.3. The third-order valence-electron chi connectivity index (χ3n) is 3.70. The van der Waals surface area contributed by atoms with Gasteiger partial charge in [0, 0.05) is 47.3 Å². The van der Waals surface area contributed by atoms with Gasteiger partial charge in [0.05, 0.1) is 0 Å². The number of halogens is 1. The minimum absolute atomic E-state index is 0.0144. The van der Waals surface area contributed by atoms with Crippen molar-refractivity contribution >= 4 is 23.0 Å². The molecule has 0 saturated heterocycles. The van der Waals surface area contributed by atoms with Gasteiger partial charge in [0.1, 0.15) is 5.82 Å². The molecule has 23 heavy (non-hydrogen) atoms. The van der Waals surface area contributed by atoms with Gasteiger partial charge in [-0.25, -0.2) is 4.39 Å². The molecule has 2 aromatic rings. The minimum Gasteiger partial charge on any atom is -0.341 e. The molecule has 0 N–H and O–H groups in total. The van der Waals surface area contributed by atoms with E-state index in [0.717, 1.165) is 9.75 Å². The highest BCUT2D eigenvalue weighted by Gasteiger charge is 2.16. The minimum atomic E-state index is -0.326. The summed E-state index contributed by atoms with van der Waals surface area (Å²) in [4.78, 5) is 27.9. The Morgan fingerprint density at radius 1 is 1.17 bits per heavy atom. The molecule has 122 valence electrons. The number of rotatable bonds is 6. The van der Waals surface area contributed by atoms with Gasteiger partial charge >= 0.3 is 0 Å². The fraction of sp³-hybridized carbons (Fsp3) is 0.333. The van der Waals surface area contributed by atoms with Gasteiger partial charge in [0.25, 0.3) is 0 Å². The Morgan fingerprint density at radius 3 is 2.48 bits per heavy atom. The van der Waals surface area contributed by atoms with Crippen LogP contribution in [0.2, 0.25) is 0 Å². The predicted octanol–water partition coefficient (Wildman–Crippen LogP) is 4.13. The summed E-state index contributed by atoms with van der Waals surface area (Å²) >= 11 is 1.58. The van der Waals surface area contributed by atoms with E-state index in [-0.39, 0.29) is 36.9 Å². The fourth-order valence-electron chi connectivity index (χ4n) is 2.42. The van der Waals surface area contributed by atoms with E-state index in [1.165, 1.54) is 11.0 Å². The third kappa shape index (κ3) is 4.48. The molecule has 0 spiro atoms. The summed E-state index contributed by atoms with van der Waals surface area (Å²) in [7, 11) is 1.62. The SMILES string of the molecule is Cc1cc(C(=O)CCC(=O)N(C)Cc2ccccc2F)c(C)s1. The summed E-state index contributed by atoms with van der Waals surface area (Å²) < 4.78 is 13.6. The van der Waals surface area contributed by atoms with Crippen molar-refractivity contribution < 1.29 is 14.0 Å². The lowest BCUT2D eigenvalue weighted by molar-refractivity contribution is -0.130. The second-order valence-corrected chi connectivity index (χ2v) is 7.05. The number of ketones is 1. The zero-order valence-corrected chi connectivity index (χ0v) is 14.4. The average Bonchev–Trinajstić information content (AvgIpc) is 2.85. The first-order valence-electron chi connectivity index (χ1n) is 7.46. The van der Waals surface area contributed by atoms with Gasteiger partial charge in [0.15, 0.2) is 5.78 Å². The van der Waals surface area contributed by atoms with Gasteiger partial charge in [0.2, 0.25) is 5.91 Å². The summed E-state index contributed by atoms with van der Waals surface area (Å²) in [5.74, 6) is -0.502. The first-order valence-corrected chi connectivity index (χ1v) is 8.27. The van der Waals surface area contributed by atoms with Crippen molar-refractivity contribution in [2.75, 3.05) is 7.05 Å². The maximum Gasteiger partial charge on any atom is 0.223 e. The number of Topliss-reactive ketones (excluding diaryl/α,β-unsaturated/α-hetero) is 1. The van der Waals surface area contributed by atoms with Crippen LogP contribution in [0.5, 0.6) is 0 Å². The molecule has 1 heterocycles. The predicted molar refractivity (Wildman–Crippen MR) is 90.2 cm³/mol. The Labute approximate surface area is 139 Å². The lowest BCUT2D eigenvalue weighted by Gasteiger charge is -2.17. The summed E-state index contributed by atoms with van der Waals surface area (Å²) in [6, 6.07) is 8.25. The average molecular weight is 333 g/mol. The molecule has 0 radical (unpaired) electrons. The van der Waals surface area contributed by atoms with Crippen LogP contribution in [0.4, 0.5) is 4.39 Å². The van der Waals surface area contributed by atoms with E-state index in [1.807, 2.05) is 19.9 Å². The van der Waals surface area contributed by atoms with E-state index in [2.05, 4.69) is 0 Å². The maximum absolute atomic E-state index is 13.6. The van der Waals surface area contributed by atoms with Crippen molar-refractivity contribution in [3.05, 3.63) is 57.0 Å². The van der Waals surface area contributed by atoms with Crippen LogP contribution in [0.15, 0.2) is 30.3 Å². The molecule has 3 nitrogen and oxygen atoms in total. The van der Waals surface area contributed by atoms with Crippen molar-refractivity contribution in [2.45, 2.75) is 33.2 Å². The standard InChI is InChI=1S/C18H20FNO2S/c1-12-10-15(13(2)23-12)17(21)8-9-18(22)20(3)11-14-6-4-5-7-16(14)19/h4-7,10H,8-9,11H2,1-3H3. The number of aryl methyl sites for hydroxylation is 2. The molecule has 0 aliphatic rings. The van der Waals surface area contributed by atoms with Crippen LogP contribution >= 0.6 is 11.3 Å². The third-order valence-corrected chi connectivity index (χ3v) is 4.66.